The molecule has 2 aromatic heterocycles. The van der Waals surface area contributed by atoms with E-state index >= 15 is 0 Å². The predicted molar refractivity (Wildman–Crippen MR) is 172 cm³/mol. The Morgan fingerprint density at radius 1 is 1.09 bits per heavy atom. The van der Waals surface area contributed by atoms with Crippen molar-refractivity contribution in [3.8, 4) is 17.2 Å². The Bertz CT molecular complexity index is 1990. The summed E-state index contributed by atoms with van der Waals surface area (Å²) in [5.74, 6) is -1.54. The van der Waals surface area contributed by atoms with Crippen LogP contribution in [-0.2, 0) is 10.5 Å². The van der Waals surface area contributed by atoms with Crippen LogP contribution >= 0.6 is 46.3 Å². The number of para-hydroxylation sites is 1. The first-order chi connectivity index (χ1) is 21.7. The molecule has 230 valence electrons. The zero-order valence-corrected chi connectivity index (χ0v) is 26.8. The highest BCUT2D eigenvalue weighted by Gasteiger charge is 2.47. The number of fused-ring (bicyclic) bond motifs is 1. The number of aliphatic hydroxyl groups excluding tert-OH is 1. The van der Waals surface area contributed by atoms with E-state index in [2.05, 4.69) is 10.2 Å². The van der Waals surface area contributed by atoms with Gasteiger partial charge in [0.05, 0.1) is 25.3 Å². The van der Waals surface area contributed by atoms with Crippen LogP contribution < -0.4 is 14.4 Å². The highest BCUT2D eigenvalue weighted by atomic mass is 35.5. The standard InChI is InChI=1S/C31H23Cl2N3O7S2/c1-3-42-22-11-15(8-10-20(22)37)25-24(26(38)23-12-16-5-4-6-21(41-2)28(16)43-23)27(39)29(40)36(25)30-34-35-31(45-30)44-14-17-7-9-18(32)13-19(17)33/h4-13,25,37,39H,3,14H2,1-2H3. The minimum absolute atomic E-state index is 0.104. The second-order valence-corrected chi connectivity index (χ2v) is 12.7. The Morgan fingerprint density at radius 3 is 2.67 bits per heavy atom. The van der Waals surface area contributed by atoms with E-state index in [4.69, 9.17) is 37.1 Å². The number of thioether (sulfide) groups is 1. The Kier molecular flexibility index (Phi) is 8.65. The molecule has 1 unspecified atom stereocenters. The molecule has 14 heteroatoms. The monoisotopic (exact) mass is 683 g/mol. The van der Waals surface area contributed by atoms with E-state index in [9.17, 15) is 19.8 Å². The van der Waals surface area contributed by atoms with Gasteiger partial charge in [0, 0.05) is 21.2 Å². The molecule has 0 bridgehead atoms. The fraction of sp³-hybridized carbons (Fsp3) is 0.161. The van der Waals surface area contributed by atoms with E-state index in [1.807, 2.05) is 6.07 Å². The number of methoxy groups -OCH3 is 1. The number of carbonyl (C=O) groups excluding carboxylic acids is 2. The first kappa shape index (κ1) is 30.8. The summed E-state index contributed by atoms with van der Waals surface area (Å²) < 4.78 is 17.3. The lowest BCUT2D eigenvalue weighted by Crippen LogP contribution is -2.31. The molecule has 1 amide bonds. The molecule has 3 heterocycles. The van der Waals surface area contributed by atoms with E-state index in [0.29, 0.717) is 42.4 Å². The van der Waals surface area contributed by atoms with Gasteiger partial charge in [-0.1, -0.05) is 70.6 Å². The molecule has 1 atom stereocenters. The first-order valence-electron chi connectivity index (χ1n) is 13.4. The Labute approximate surface area is 274 Å². The summed E-state index contributed by atoms with van der Waals surface area (Å²) in [5.41, 5.74) is 1.32. The van der Waals surface area contributed by atoms with Gasteiger partial charge in [0.1, 0.15) is 0 Å². The van der Waals surface area contributed by atoms with Crippen LogP contribution in [0, 0.1) is 0 Å². The number of carbonyl (C=O) groups is 2. The van der Waals surface area contributed by atoms with E-state index in [-0.39, 0.29) is 34.6 Å². The summed E-state index contributed by atoms with van der Waals surface area (Å²) in [4.78, 5) is 28.9. The number of ether oxygens (including phenoxy) is 2. The molecule has 0 saturated heterocycles. The van der Waals surface area contributed by atoms with Crippen molar-refractivity contribution in [2.24, 2.45) is 0 Å². The van der Waals surface area contributed by atoms with Crippen LogP contribution in [0.3, 0.4) is 0 Å². The summed E-state index contributed by atoms with van der Waals surface area (Å²) in [6.07, 6.45) is 0. The minimum Gasteiger partial charge on any atom is -0.504 e. The van der Waals surface area contributed by atoms with Gasteiger partial charge in [-0.05, 0) is 54.4 Å². The smallest absolute Gasteiger partial charge is 0.296 e. The van der Waals surface area contributed by atoms with Gasteiger partial charge in [-0.15, -0.1) is 10.2 Å². The number of halogens is 2. The van der Waals surface area contributed by atoms with Crippen molar-refractivity contribution < 1.29 is 33.7 Å². The number of phenols is 1. The Morgan fingerprint density at radius 2 is 1.91 bits per heavy atom. The molecule has 1 aliphatic heterocycles. The molecular formula is C31H23Cl2N3O7S2. The number of hydrogen-bond donors (Lipinski definition) is 2. The second-order valence-electron chi connectivity index (χ2n) is 9.69. The molecule has 6 rings (SSSR count). The third-order valence-electron chi connectivity index (χ3n) is 6.97. The van der Waals surface area contributed by atoms with Crippen LogP contribution in [0.25, 0.3) is 11.0 Å². The molecule has 0 saturated carbocycles. The minimum atomic E-state index is -1.16. The van der Waals surface area contributed by atoms with Crippen molar-refractivity contribution in [3.63, 3.8) is 0 Å². The quantitative estimate of drug-likeness (QED) is 0.0853. The number of rotatable bonds is 10. The molecule has 2 N–H and O–H groups in total. The summed E-state index contributed by atoms with van der Waals surface area (Å²) in [6.45, 7) is 2.01. The average Bonchev–Trinajstić information content (AvgIpc) is 3.74. The third-order valence-corrected chi connectivity index (χ3v) is 9.66. The zero-order valence-electron chi connectivity index (χ0n) is 23.6. The molecule has 0 fully saturated rings. The Hall–Kier alpha value is -4.23. The maximum absolute atomic E-state index is 14.1. The van der Waals surface area contributed by atoms with Crippen molar-refractivity contribution in [2.75, 3.05) is 18.6 Å². The van der Waals surface area contributed by atoms with Gasteiger partial charge < -0.3 is 24.1 Å². The topological polar surface area (TPSA) is 135 Å². The van der Waals surface area contributed by atoms with Gasteiger partial charge in [-0.2, -0.15) is 0 Å². The molecule has 10 nitrogen and oxygen atoms in total. The zero-order chi connectivity index (χ0) is 31.8. The number of aromatic hydroxyl groups is 1. The maximum atomic E-state index is 14.1. The lowest BCUT2D eigenvalue weighted by atomic mass is 9.95. The summed E-state index contributed by atoms with van der Waals surface area (Å²) in [7, 11) is 1.48. The predicted octanol–water partition coefficient (Wildman–Crippen LogP) is 7.78. The molecule has 0 radical (unpaired) electrons. The number of amides is 1. The number of ketones is 1. The van der Waals surface area contributed by atoms with Crippen molar-refractivity contribution in [1.29, 1.82) is 0 Å². The number of anilines is 1. The number of aliphatic hydroxyl groups is 1. The van der Waals surface area contributed by atoms with Gasteiger partial charge in [0.2, 0.25) is 10.9 Å². The van der Waals surface area contributed by atoms with Gasteiger partial charge >= 0.3 is 0 Å². The number of Topliss-reactive ketones (excluding diaryl/α,β-unsaturated/α-hetero) is 1. The number of nitrogens with zero attached hydrogens (tertiary/aromatic N) is 3. The largest absolute Gasteiger partial charge is 0.504 e. The van der Waals surface area contributed by atoms with Crippen molar-refractivity contribution in [2.45, 2.75) is 23.1 Å². The normalized spacial score (nSPS) is 14.9. The molecule has 5 aromatic rings. The number of hydrogen-bond acceptors (Lipinski definition) is 11. The summed E-state index contributed by atoms with van der Waals surface area (Å²) in [5, 5.41) is 31.8. The summed E-state index contributed by atoms with van der Waals surface area (Å²) in [6, 6.07) is 15.2. The maximum Gasteiger partial charge on any atom is 0.296 e. The van der Waals surface area contributed by atoms with Crippen LogP contribution in [0.1, 0.15) is 34.6 Å². The molecule has 45 heavy (non-hydrogen) atoms. The van der Waals surface area contributed by atoms with Gasteiger partial charge in [0.15, 0.2) is 38.7 Å². The highest BCUT2D eigenvalue weighted by Crippen LogP contribution is 2.46. The van der Waals surface area contributed by atoms with E-state index in [1.165, 1.54) is 48.0 Å². The van der Waals surface area contributed by atoms with Crippen LogP contribution in [0.5, 0.6) is 17.2 Å². The average molecular weight is 685 g/mol. The van der Waals surface area contributed by atoms with Crippen LogP contribution in [0.15, 0.2) is 80.8 Å². The van der Waals surface area contributed by atoms with Gasteiger partial charge in [-0.25, -0.2) is 0 Å². The van der Waals surface area contributed by atoms with Gasteiger partial charge in [0.25, 0.3) is 5.91 Å². The number of furan rings is 1. The van der Waals surface area contributed by atoms with E-state index in [1.54, 1.807) is 37.3 Å². The fourth-order valence-electron chi connectivity index (χ4n) is 4.90. The second kappa shape index (κ2) is 12.6. The molecule has 0 aliphatic carbocycles. The third kappa shape index (κ3) is 5.82. The molecule has 1 aliphatic rings. The SMILES string of the molecule is CCOc1cc(C2C(C(=O)c3cc4cccc(OC)c4o3)=C(O)C(=O)N2c2nnc(SCc3ccc(Cl)cc3Cl)s2)ccc1O. The fourth-order valence-corrected chi connectivity index (χ4v) is 7.33. The number of benzene rings is 3. The highest BCUT2D eigenvalue weighted by molar-refractivity contribution is 8.00. The molecule has 3 aromatic carbocycles. The van der Waals surface area contributed by atoms with Crippen molar-refractivity contribution in [1.82, 2.24) is 10.2 Å². The molecule has 0 spiro atoms. The number of aromatic nitrogens is 2. The lowest BCUT2D eigenvalue weighted by Gasteiger charge is -2.24. The van der Waals surface area contributed by atoms with Crippen LogP contribution in [-0.4, -0.2) is 45.8 Å². The first-order valence-corrected chi connectivity index (χ1v) is 16.0. The summed E-state index contributed by atoms with van der Waals surface area (Å²) >= 11 is 14.8. The molecular weight excluding hydrogens is 661 g/mol. The number of phenolic OH excluding ortho intramolecular Hbond substituents is 1. The van der Waals surface area contributed by atoms with Crippen molar-refractivity contribution in [3.05, 3.63) is 98.9 Å². The van der Waals surface area contributed by atoms with E-state index < -0.39 is 23.5 Å². The van der Waals surface area contributed by atoms with Crippen molar-refractivity contribution >= 4 is 74.1 Å². The van der Waals surface area contributed by atoms with Gasteiger partial charge in [-0.3, -0.25) is 14.5 Å². The Balaban J connectivity index is 1.39. The van der Waals surface area contributed by atoms with E-state index in [0.717, 1.165) is 16.9 Å². The van der Waals surface area contributed by atoms with Crippen LogP contribution in [0.2, 0.25) is 10.0 Å². The van der Waals surface area contributed by atoms with Crippen LogP contribution in [0.4, 0.5) is 5.13 Å². The lowest BCUT2D eigenvalue weighted by molar-refractivity contribution is -0.117.